The number of halogens is 1. The zero-order valence-electron chi connectivity index (χ0n) is 8.13. The molecule has 78 valence electrons. The van der Waals surface area contributed by atoms with Gasteiger partial charge in [0.2, 0.25) is 0 Å². The van der Waals surface area contributed by atoms with E-state index in [1.165, 1.54) is 0 Å². The average molecular weight is 232 g/mol. The van der Waals surface area contributed by atoms with Gasteiger partial charge in [-0.25, -0.2) is 0 Å². The molecule has 0 aliphatic heterocycles. The number of rotatable bonds is 4. The highest BCUT2D eigenvalue weighted by atomic mass is 35.5. The highest BCUT2D eigenvalue weighted by Gasteiger charge is 2.05. The summed E-state index contributed by atoms with van der Waals surface area (Å²) in [5, 5.41) is 0.642. The molecule has 1 unspecified atom stereocenters. The van der Waals surface area contributed by atoms with Crippen molar-refractivity contribution in [3.8, 4) is 0 Å². The van der Waals surface area contributed by atoms with E-state index in [1.807, 2.05) is 6.92 Å². The van der Waals surface area contributed by atoms with Crippen LogP contribution >= 0.6 is 11.6 Å². The zero-order chi connectivity index (χ0) is 10.6. The number of hydrogen-bond donors (Lipinski definition) is 1. The second-order valence-corrected chi connectivity index (χ2v) is 5.12. The molecule has 14 heavy (non-hydrogen) atoms. The van der Waals surface area contributed by atoms with Gasteiger partial charge in [0.05, 0.1) is 5.75 Å². The lowest BCUT2D eigenvalue weighted by Gasteiger charge is -2.04. The van der Waals surface area contributed by atoms with E-state index in [4.69, 9.17) is 17.3 Å². The van der Waals surface area contributed by atoms with Crippen molar-refractivity contribution in [1.82, 2.24) is 0 Å². The van der Waals surface area contributed by atoms with E-state index in [0.29, 0.717) is 22.2 Å². The van der Waals surface area contributed by atoms with Gasteiger partial charge in [-0.05, 0) is 30.2 Å². The molecule has 1 rings (SSSR count). The van der Waals surface area contributed by atoms with Gasteiger partial charge in [-0.1, -0.05) is 18.5 Å². The third-order valence-electron chi connectivity index (χ3n) is 1.82. The summed E-state index contributed by atoms with van der Waals surface area (Å²) in [5.41, 5.74) is 7.16. The topological polar surface area (TPSA) is 43.1 Å². The molecule has 2 nitrogen and oxygen atoms in total. The van der Waals surface area contributed by atoms with Gasteiger partial charge in [0.1, 0.15) is 0 Å². The number of benzene rings is 1. The van der Waals surface area contributed by atoms with Crippen molar-refractivity contribution in [2.75, 3.05) is 11.5 Å². The third kappa shape index (κ3) is 3.31. The second kappa shape index (κ2) is 5.37. The van der Waals surface area contributed by atoms with Gasteiger partial charge in [-0.15, -0.1) is 0 Å². The van der Waals surface area contributed by atoms with Gasteiger partial charge in [0, 0.05) is 27.3 Å². The van der Waals surface area contributed by atoms with E-state index in [9.17, 15) is 4.21 Å². The fraction of sp³-hybridized carbons (Fsp3) is 0.400. The Morgan fingerprint density at radius 2 is 2.21 bits per heavy atom. The molecule has 0 aliphatic carbocycles. The summed E-state index contributed by atoms with van der Waals surface area (Å²) in [6.45, 7) is 2.01. The molecule has 0 radical (unpaired) electrons. The van der Waals surface area contributed by atoms with E-state index >= 15 is 0 Å². The molecule has 0 fully saturated rings. The summed E-state index contributed by atoms with van der Waals surface area (Å²) < 4.78 is 11.5. The molecular formula is C10H14ClNOS. The Balaban J connectivity index is 2.75. The summed E-state index contributed by atoms with van der Waals surface area (Å²) in [6.07, 6.45) is 0.923. The second-order valence-electron chi connectivity index (χ2n) is 3.14. The Morgan fingerprint density at radius 1 is 1.50 bits per heavy atom. The van der Waals surface area contributed by atoms with Crippen molar-refractivity contribution >= 4 is 28.1 Å². The first kappa shape index (κ1) is 11.5. The molecular weight excluding hydrogens is 218 g/mol. The number of nitrogen functional groups attached to an aromatic ring is 1. The largest absolute Gasteiger partial charge is 0.399 e. The van der Waals surface area contributed by atoms with Gasteiger partial charge in [0.15, 0.2) is 0 Å². The van der Waals surface area contributed by atoms with Gasteiger partial charge >= 0.3 is 0 Å². The first-order valence-corrected chi connectivity index (χ1v) is 6.39. The molecule has 0 saturated carbocycles. The Labute approximate surface area is 91.9 Å². The SMILES string of the molecule is CCCS(=O)Cc1cc(N)ccc1Cl. The quantitative estimate of drug-likeness (QED) is 0.810. The minimum atomic E-state index is -0.830. The molecule has 0 amide bonds. The Hall–Kier alpha value is -0.540. The van der Waals surface area contributed by atoms with Crippen LogP contribution < -0.4 is 5.73 Å². The van der Waals surface area contributed by atoms with Crippen LogP contribution in [0.5, 0.6) is 0 Å². The first-order valence-electron chi connectivity index (χ1n) is 4.52. The molecule has 0 saturated heterocycles. The van der Waals surface area contributed by atoms with Crippen LogP contribution in [-0.4, -0.2) is 9.96 Å². The molecule has 0 aromatic heterocycles. The molecule has 2 N–H and O–H groups in total. The Bertz CT molecular complexity index is 341. The smallest absolute Gasteiger partial charge is 0.0501 e. The van der Waals surface area contributed by atoms with Gasteiger partial charge < -0.3 is 5.73 Å². The van der Waals surface area contributed by atoms with Gasteiger partial charge in [0.25, 0.3) is 0 Å². The summed E-state index contributed by atoms with van der Waals surface area (Å²) >= 11 is 5.95. The summed E-state index contributed by atoms with van der Waals surface area (Å²) in [4.78, 5) is 0. The van der Waals surface area contributed by atoms with Crippen LogP contribution in [0.4, 0.5) is 5.69 Å². The molecule has 4 heteroatoms. The van der Waals surface area contributed by atoms with Gasteiger partial charge in [-0.2, -0.15) is 0 Å². The lowest BCUT2D eigenvalue weighted by molar-refractivity contribution is 0.681. The van der Waals surface area contributed by atoms with Crippen LogP contribution in [0, 0.1) is 0 Å². The summed E-state index contributed by atoms with van der Waals surface area (Å²) in [6, 6.07) is 5.28. The van der Waals surface area contributed by atoms with Crippen molar-refractivity contribution in [2.45, 2.75) is 19.1 Å². The van der Waals surface area contributed by atoms with E-state index in [1.54, 1.807) is 18.2 Å². The van der Waals surface area contributed by atoms with Crippen LogP contribution in [0.1, 0.15) is 18.9 Å². The molecule has 1 aromatic rings. The average Bonchev–Trinajstić information content (AvgIpc) is 2.12. The Morgan fingerprint density at radius 3 is 2.86 bits per heavy atom. The van der Waals surface area contributed by atoms with Crippen molar-refractivity contribution in [3.05, 3.63) is 28.8 Å². The monoisotopic (exact) mass is 231 g/mol. The maximum Gasteiger partial charge on any atom is 0.0501 e. The molecule has 1 aromatic carbocycles. The molecule has 0 aliphatic rings. The van der Waals surface area contributed by atoms with Crippen molar-refractivity contribution in [3.63, 3.8) is 0 Å². The predicted molar refractivity (Wildman–Crippen MR) is 62.9 cm³/mol. The number of hydrogen-bond acceptors (Lipinski definition) is 2. The standard InChI is InChI=1S/C10H14ClNOS/c1-2-5-14(13)7-8-6-9(12)3-4-10(8)11/h3-4,6H,2,5,7,12H2,1H3. The minimum Gasteiger partial charge on any atom is -0.399 e. The Kier molecular flexibility index (Phi) is 4.42. The predicted octanol–water partition coefficient (Wildman–Crippen LogP) is 2.58. The van der Waals surface area contributed by atoms with E-state index in [2.05, 4.69) is 0 Å². The normalized spacial score (nSPS) is 12.7. The fourth-order valence-corrected chi connectivity index (χ4v) is 2.63. The fourth-order valence-electron chi connectivity index (χ4n) is 1.18. The number of anilines is 1. The van der Waals surface area contributed by atoms with Crippen LogP contribution in [0.15, 0.2) is 18.2 Å². The van der Waals surface area contributed by atoms with Crippen LogP contribution in [0.25, 0.3) is 0 Å². The van der Waals surface area contributed by atoms with Crippen LogP contribution in [0.3, 0.4) is 0 Å². The van der Waals surface area contributed by atoms with Crippen LogP contribution in [-0.2, 0) is 16.6 Å². The van der Waals surface area contributed by atoms with Crippen LogP contribution in [0.2, 0.25) is 5.02 Å². The lowest BCUT2D eigenvalue weighted by atomic mass is 10.2. The third-order valence-corrected chi connectivity index (χ3v) is 3.68. The van der Waals surface area contributed by atoms with Gasteiger partial charge in [-0.3, -0.25) is 4.21 Å². The summed E-state index contributed by atoms with van der Waals surface area (Å²) in [5.74, 6) is 1.21. The van der Waals surface area contributed by atoms with E-state index < -0.39 is 10.8 Å². The molecule has 1 atom stereocenters. The highest BCUT2D eigenvalue weighted by Crippen LogP contribution is 2.20. The highest BCUT2D eigenvalue weighted by molar-refractivity contribution is 7.84. The van der Waals surface area contributed by atoms with Crippen molar-refractivity contribution in [1.29, 1.82) is 0 Å². The van der Waals surface area contributed by atoms with E-state index in [-0.39, 0.29) is 0 Å². The number of nitrogens with two attached hydrogens (primary N) is 1. The first-order chi connectivity index (χ1) is 6.63. The minimum absolute atomic E-state index is 0.498. The molecule has 0 heterocycles. The maximum absolute atomic E-state index is 11.5. The van der Waals surface area contributed by atoms with Crippen molar-refractivity contribution in [2.24, 2.45) is 0 Å². The molecule has 0 spiro atoms. The van der Waals surface area contributed by atoms with E-state index in [0.717, 1.165) is 12.0 Å². The maximum atomic E-state index is 11.5. The zero-order valence-corrected chi connectivity index (χ0v) is 9.70. The molecule has 0 bridgehead atoms. The van der Waals surface area contributed by atoms with Crippen molar-refractivity contribution < 1.29 is 4.21 Å². The lowest BCUT2D eigenvalue weighted by Crippen LogP contribution is -2.01. The summed E-state index contributed by atoms with van der Waals surface area (Å²) in [7, 11) is -0.830.